The third kappa shape index (κ3) is 4.25. The molecule has 1 aromatic carbocycles. The minimum absolute atomic E-state index is 0.177. The van der Waals surface area contributed by atoms with E-state index in [9.17, 15) is 4.79 Å². The Morgan fingerprint density at radius 3 is 2.18 bits per heavy atom. The van der Waals surface area contributed by atoms with Crippen LogP contribution in [0.5, 0.6) is 0 Å². The molecule has 0 spiro atoms. The van der Waals surface area contributed by atoms with Crippen molar-refractivity contribution in [3.05, 3.63) is 35.4 Å². The lowest BCUT2D eigenvalue weighted by atomic mass is 9.85. The first kappa shape index (κ1) is 16.9. The van der Waals surface area contributed by atoms with Gasteiger partial charge < -0.3 is 9.64 Å². The highest BCUT2D eigenvalue weighted by molar-refractivity contribution is 5.68. The Balaban J connectivity index is 2.00. The molecule has 3 nitrogen and oxygen atoms in total. The molecule has 0 aliphatic carbocycles. The average molecular weight is 303 g/mol. The summed E-state index contributed by atoms with van der Waals surface area (Å²) >= 11 is 0. The van der Waals surface area contributed by atoms with E-state index in [0.717, 1.165) is 19.5 Å². The van der Waals surface area contributed by atoms with Crippen LogP contribution in [0, 0.1) is 0 Å². The largest absolute Gasteiger partial charge is 0.444 e. The number of hydrogen-bond acceptors (Lipinski definition) is 2. The molecular weight excluding hydrogens is 274 g/mol. The molecule has 1 heterocycles. The summed E-state index contributed by atoms with van der Waals surface area (Å²) in [4.78, 5) is 14.0. The van der Waals surface area contributed by atoms with Crippen molar-refractivity contribution in [2.45, 2.75) is 64.9 Å². The predicted molar refractivity (Wildman–Crippen MR) is 90.3 cm³/mol. The number of carbonyl (C=O) groups is 1. The normalized spacial score (nSPS) is 19.4. The van der Waals surface area contributed by atoms with E-state index in [1.54, 1.807) is 0 Å². The monoisotopic (exact) mass is 303 g/mol. The lowest BCUT2D eigenvalue weighted by molar-refractivity contribution is 0.0292. The summed E-state index contributed by atoms with van der Waals surface area (Å²) in [7, 11) is 0. The van der Waals surface area contributed by atoms with Crippen molar-refractivity contribution in [2.75, 3.05) is 13.1 Å². The van der Waals surface area contributed by atoms with E-state index in [2.05, 4.69) is 45.0 Å². The highest BCUT2D eigenvalue weighted by Gasteiger charge is 2.30. The molecule has 1 aromatic rings. The fraction of sp³-hybridized carbons (Fsp3) is 0.632. The first-order valence-electron chi connectivity index (χ1n) is 8.14. The third-order valence-corrected chi connectivity index (χ3v) is 4.09. The van der Waals surface area contributed by atoms with Gasteiger partial charge in [0, 0.05) is 19.0 Å². The molecule has 0 N–H and O–H groups in total. The first-order chi connectivity index (χ1) is 10.1. The highest BCUT2D eigenvalue weighted by atomic mass is 16.6. The second kappa shape index (κ2) is 5.94. The van der Waals surface area contributed by atoms with Crippen molar-refractivity contribution in [1.82, 2.24) is 4.90 Å². The lowest BCUT2D eigenvalue weighted by Crippen LogP contribution is -2.35. The number of ether oxygens (including phenoxy) is 1. The maximum Gasteiger partial charge on any atom is 0.410 e. The van der Waals surface area contributed by atoms with Crippen molar-refractivity contribution >= 4 is 6.09 Å². The molecule has 122 valence electrons. The molecule has 1 fully saturated rings. The number of rotatable bonds is 1. The van der Waals surface area contributed by atoms with Gasteiger partial charge in [0.2, 0.25) is 0 Å². The molecule has 22 heavy (non-hydrogen) atoms. The Hall–Kier alpha value is -1.51. The van der Waals surface area contributed by atoms with Gasteiger partial charge in [-0.05, 0) is 43.7 Å². The smallest absolute Gasteiger partial charge is 0.410 e. The Kier molecular flexibility index (Phi) is 4.55. The first-order valence-corrected chi connectivity index (χ1v) is 8.14. The Morgan fingerprint density at radius 2 is 1.68 bits per heavy atom. The second-order valence-corrected chi connectivity index (χ2v) is 8.28. The van der Waals surface area contributed by atoms with Gasteiger partial charge >= 0.3 is 6.09 Å². The zero-order chi connectivity index (χ0) is 16.5. The van der Waals surface area contributed by atoms with E-state index in [1.165, 1.54) is 11.1 Å². The minimum Gasteiger partial charge on any atom is -0.444 e. The van der Waals surface area contributed by atoms with Crippen LogP contribution in [-0.4, -0.2) is 29.7 Å². The fourth-order valence-electron chi connectivity index (χ4n) is 2.78. The summed E-state index contributed by atoms with van der Waals surface area (Å²) in [5.74, 6) is 0.418. The van der Waals surface area contributed by atoms with Crippen LogP contribution >= 0.6 is 0 Å². The Morgan fingerprint density at radius 1 is 1.09 bits per heavy atom. The molecule has 0 bridgehead atoms. The lowest BCUT2D eigenvalue weighted by Gasteiger charge is -2.24. The van der Waals surface area contributed by atoms with Crippen LogP contribution in [-0.2, 0) is 10.2 Å². The molecule has 0 saturated carbocycles. The van der Waals surface area contributed by atoms with Gasteiger partial charge in [-0.1, -0.05) is 45.0 Å². The molecule has 1 saturated heterocycles. The van der Waals surface area contributed by atoms with Crippen LogP contribution in [0.2, 0.25) is 0 Å². The van der Waals surface area contributed by atoms with E-state index < -0.39 is 5.60 Å². The number of amides is 1. The van der Waals surface area contributed by atoms with Crippen molar-refractivity contribution < 1.29 is 9.53 Å². The van der Waals surface area contributed by atoms with E-state index >= 15 is 0 Å². The fourth-order valence-corrected chi connectivity index (χ4v) is 2.78. The van der Waals surface area contributed by atoms with Crippen molar-refractivity contribution in [2.24, 2.45) is 0 Å². The minimum atomic E-state index is -0.427. The molecule has 1 aliphatic heterocycles. The van der Waals surface area contributed by atoms with Gasteiger partial charge in [0.15, 0.2) is 0 Å². The highest BCUT2D eigenvalue weighted by Crippen LogP contribution is 2.30. The standard InChI is InChI=1S/C19H29NO2/c1-18(2,3)16-9-7-14(8-10-16)15-11-12-20(13-15)17(21)22-19(4,5)6/h7-10,15H,11-13H2,1-6H3. The summed E-state index contributed by atoms with van der Waals surface area (Å²) in [5, 5.41) is 0. The van der Waals surface area contributed by atoms with Gasteiger partial charge in [-0.15, -0.1) is 0 Å². The molecule has 1 unspecified atom stereocenters. The topological polar surface area (TPSA) is 29.5 Å². The predicted octanol–water partition coefficient (Wildman–Crippen LogP) is 4.71. The zero-order valence-electron chi connectivity index (χ0n) is 14.8. The van der Waals surface area contributed by atoms with Gasteiger partial charge in [0.1, 0.15) is 5.60 Å². The summed E-state index contributed by atoms with van der Waals surface area (Å²) in [5.41, 5.74) is 2.41. The summed E-state index contributed by atoms with van der Waals surface area (Å²) in [6.45, 7) is 13.9. The number of benzene rings is 1. The summed E-state index contributed by atoms with van der Waals surface area (Å²) < 4.78 is 5.46. The van der Waals surface area contributed by atoms with Gasteiger partial charge in [-0.25, -0.2) is 4.79 Å². The van der Waals surface area contributed by atoms with E-state index in [-0.39, 0.29) is 11.5 Å². The maximum absolute atomic E-state index is 12.1. The van der Waals surface area contributed by atoms with Gasteiger partial charge in [-0.2, -0.15) is 0 Å². The molecule has 1 atom stereocenters. The molecule has 1 amide bonds. The SMILES string of the molecule is CC(C)(C)OC(=O)N1CCC(c2ccc(C(C)(C)C)cc2)C1. The van der Waals surface area contributed by atoms with Crippen LogP contribution in [0.3, 0.4) is 0 Å². The summed E-state index contributed by atoms with van der Waals surface area (Å²) in [6.07, 6.45) is 0.815. The number of nitrogens with zero attached hydrogens (tertiary/aromatic N) is 1. The van der Waals surface area contributed by atoms with Crippen LogP contribution in [0.25, 0.3) is 0 Å². The van der Waals surface area contributed by atoms with E-state index in [1.807, 2.05) is 25.7 Å². The molecule has 3 heteroatoms. The number of likely N-dealkylation sites (tertiary alicyclic amines) is 1. The van der Waals surface area contributed by atoms with Crippen LogP contribution in [0.1, 0.15) is 65.0 Å². The quantitative estimate of drug-likeness (QED) is 0.752. The third-order valence-electron chi connectivity index (χ3n) is 4.09. The van der Waals surface area contributed by atoms with Crippen LogP contribution in [0.4, 0.5) is 4.79 Å². The van der Waals surface area contributed by atoms with Crippen molar-refractivity contribution in [3.8, 4) is 0 Å². The van der Waals surface area contributed by atoms with E-state index in [0.29, 0.717) is 5.92 Å². The average Bonchev–Trinajstić information content (AvgIpc) is 2.85. The Bertz CT molecular complexity index is 520. The van der Waals surface area contributed by atoms with Gasteiger partial charge in [-0.3, -0.25) is 0 Å². The van der Waals surface area contributed by atoms with Gasteiger partial charge in [0.05, 0.1) is 0 Å². The van der Waals surface area contributed by atoms with Crippen LogP contribution in [0.15, 0.2) is 24.3 Å². The van der Waals surface area contributed by atoms with Gasteiger partial charge in [0.25, 0.3) is 0 Å². The molecule has 0 radical (unpaired) electrons. The maximum atomic E-state index is 12.1. The number of hydrogen-bond donors (Lipinski definition) is 0. The second-order valence-electron chi connectivity index (χ2n) is 8.28. The van der Waals surface area contributed by atoms with Crippen LogP contribution < -0.4 is 0 Å². The summed E-state index contributed by atoms with van der Waals surface area (Å²) in [6, 6.07) is 8.85. The zero-order valence-corrected chi connectivity index (χ0v) is 14.8. The van der Waals surface area contributed by atoms with Crippen molar-refractivity contribution in [3.63, 3.8) is 0 Å². The molecule has 0 aromatic heterocycles. The number of carbonyl (C=O) groups excluding carboxylic acids is 1. The Labute approximate surface area is 134 Å². The van der Waals surface area contributed by atoms with E-state index in [4.69, 9.17) is 4.74 Å². The molecule has 1 aliphatic rings. The van der Waals surface area contributed by atoms with Crippen molar-refractivity contribution in [1.29, 1.82) is 0 Å². The molecule has 2 rings (SSSR count). The molecular formula is C19H29NO2.